The van der Waals surface area contributed by atoms with Gasteiger partial charge in [0.25, 0.3) is 0 Å². The molecule has 0 bridgehead atoms. The Bertz CT molecular complexity index is 11.6. The molecule has 0 aliphatic rings. The van der Waals surface area contributed by atoms with Crippen molar-refractivity contribution < 1.29 is 54.6 Å². The monoisotopic (exact) mass is 242 g/mol. The van der Waals surface area contributed by atoms with E-state index in [1.807, 2.05) is 0 Å². The van der Waals surface area contributed by atoms with Crippen molar-refractivity contribution in [2.75, 3.05) is 0 Å². The predicted octanol–water partition coefficient (Wildman–Crippen LogP) is -0.769. The molecule has 0 fully saturated rings. The minimum atomic E-state index is 0. The molecule has 0 aliphatic heterocycles. The molecule has 26 valence electrons. The first-order valence-corrected chi connectivity index (χ1v) is 0. The summed E-state index contributed by atoms with van der Waals surface area (Å²) in [4.78, 5) is 0. The zero-order chi connectivity index (χ0) is 0. The van der Waals surface area contributed by atoms with E-state index in [0.717, 1.165) is 0 Å². The number of hydrogen-bond donors (Lipinski definition) is 0. The Labute approximate surface area is 95.0 Å². The first kappa shape index (κ1) is 42.9. The van der Waals surface area contributed by atoms with Crippen molar-refractivity contribution in [3.8, 4) is 0 Å². The molecule has 0 aromatic heterocycles. The largest absolute Gasteiger partial charge is 0 e. The Hall–Kier alpha value is 3.06. The van der Waals surface area contributed by atoms with Crippen LogP contribution in [0.3, 0.4) is 0 Å². The van der Waals surface area contributed by atoms with Crippen molar-refractivity contribution in [2.45, 2.75) is 0 Å². The number of hydrogen-bond acceptors (Lipinski definition) is 0. The van der Waals surface area contributed by atoms with Crippen LogP contribution >= 0.6 is 0 Å². The van der Waals surface area contributed by atoms with Crippen molar-refractivity contribution >= 4 is 41.9 Å². The molecule has 0 heterocycles. The molecule has 0 amide bonds. The van der Waals surface area contributed by atoms with Crippen molar-refractivity contribution in [3.63, 3.8) is 0 Å². The Kier molecular flexibility index (Phi) is 237. The molecule has 0 aliphatic carbocycles. The summed E-state index contributed by atoms with van der Waals surface area (Å²) in [6.45, 7) is 0. The minimum absolute atomic E-state index is 0. The molecule has 0 nitrogen and oxygen atoms in total. The van der Waals surface area contributed by atoms with E-state index in [1.165, 1.54) is 0 Å². The predicted molar refractivity (Wildman–Crippen MR) is 11.5 cm³/mol. The third-order valence-corrected chi connectivity index (χ3v) is 0. The van der Waals surface area contributed by atoms with Crippen LogP contribution in [0, 0.1) is 0 Å². The normalized spacial score (nSPS) is 0. The zero-order valence-electron chi connectivity index (χ0n) is 2.81. The molecular weight excluding hydrogens is 241 g/mol. The van der Waals surface area contributed by atoms with Crippen LogP contribution in [-0.2, 0) is 54.6 Å². The van der Waals surface area contributed by atoms with Crippen LogP contribution in [0.4, 0.5) is 0 Å². The van der Waals surface area contributed by atoms with Crippen LogP contribution in [0.15, 0.2) is 0 Å². The van der Waals surface area contributed by atoms with Gasteiger partial charge >= 0.3 is 0 Å². The fourth-order valence-electron chi connectivity index (χ4n) is 0. The fraction of sp³-hybridized carbons (Fsp3) is 0. The van der Waals surface area contributed by atoms with Crippen molar-refractivity contribution in [3.05, 3.63) is 0 Å². The maximum atomic E-state index is 0. The van der Waals surface area contributed by atoms with Crippen molar-refractivity contribution in [1.29, 1.82) is 0 Å². The molecule has 0 spiro atoms. The van der Waals surface area contributed by atoms with Crippen LogP contribution in [0.2, 0.25) is 0 Å². The second-order valence-electron chi connectivity index (χ2n) is 0. The first-order chi connectivity index (χ1) is 0. The van der Waals surface area contributed by atoms with Crippen LogP contribution in [-0.4, -0.2) is 41.9 Å². The van der Waals surface area contributed by atoms with Crippen molar-refractivity contribution in [1.82, 2.24) is 0 Å². The van der Waals surface area contributed by atoms with Crippen LogP contribution in [0.1, 0.15) is 0 Å². The van der Waals surface area contributed by atoms with E-state index in [-0.39, 0.29) is 96.5 Å². The third-order valence-electron chi connectivity index (χ3n) is 0. The molecule has 5 heavy (non-hydrogen) atoms. The van der Waals surface area contributed by atoms with Crippen molar-refractivity contribution in [2.24, 2.45) is 0 Å². The average Bonchev–Trinajstić information content (AvgIpc) is 0. The molecule has 0 saturated heterocycles. The van der Waals surface area contributed by atoms with Gasteiger partial charge in [-0.15, -0.1) is 0 Å². The van der Waals surface area contributed by atoms with Crippen LogP contribution in [0.5, 0.6) is 0 Å². The zero-order valence-corrected chi connectivity index (χ0v) is 8.40. The average molecular weight is 241 g/mol. The topological polar surface area (TPSA) is 0 Å². The van der Waals surface area contributed by atoms with E-state index in [9.17, 15) is 0 Å². The van der Waals surface area contributed by atoms with Gasteiger partial charge in [-0.1, -0.05) is 0 Å². The summed E-state index contributed by atoms with van der Waals surface area (Å²) in [5.41, 5.74) is 0. The summed E-state index contributed by atoms with van der Waals surface area (Å²) in [5.74, 6) is 0. The van der Waals surface area contributed by atoms with Gasteiger partial charge in [-0.25, -0.2) is 0 Å². The van der Waals surface area contributed by atoms with Gasteiger partial charge in [-0.3, -0.25) is 0 Å². The second kappa shape index (κ2) is 27.7. The fourth-order valence-corrected chi connectivity index (χ4v) is 0. The molecule has 0 aromatic rings. The van der Waals surface area contributed by atoms with Gasteiger partial charge in [0.1, 0.15) is 0 Å². The molecule has 0 atom stereocenters. The van der Waals surface area contributed by atoms with Gasteiger partial charge in [0.05, 0.1) is 0 Å². The second-order valence-corrected chi connectivity index (χ2v) is 0. The van der Waals surface area contributed by atoms with E-state index in [0.29, 0.717) is 0 Å². The van der Waals surface area contributed by atoms with Gasteiger partial charge < -0.3 is 0 Å². The Morgan fingerprint density at radius 3 is 1.00 bits per heavy atom. The van der Waals surface area contributed by atoms with E-state index in [2.05, 4.69) is 0 Å². The number of rotatable bonds is 0. The molecule has 5 heteroatoms. The summed E-state index contributed by atoms with van der Waals surface area (Å²) in [6.07, 6.45) is 0. The van der Waals surface area contributed by atoms with Gasteiger partial charge in [0, 0.05) is 96.5 Å². The molecular formula is LiMgMnMoNi. The maximum absolute atomic E-state index is 0. The molecule has 0 unspecified atom stereocenters. The van der Waals surface area contributed by atoms with Gasteiger partial charge in [0.2, 0.25) is 0 Å². The Morgan fingerprint density at radius 1 is 1.00 bits per heavy atom. The quantitative estimate of drug-likeness (QED) is 0.488. The molecule has 0 aromatic carbocycles. The summed E-state index contributed by atoms with van der Waals surface area (Å²) < 4.78 is 0. The minimum Gasteiger partial charge on any atom is 0 e. The van der Waals surface area contributed by atoms with E-state index >= 15 is 0 Å². The molecule has 4 radical (unpaired) electrons. The summed E-state index contributed by atoms with van der Waals surface area (Å²) >= 11 is 0. The maximum Gasteiger partial charge on any atom is 0 e. The standard InChI is InChI=1S/Li.Mg.Mn.Mo.Ni. The van der Waals surface area contributed by atoms with Crippen LogP contribution < -0.4 is 0 Å². The summed E-state index contributed by atoms with van der Waals surface area (Å²) in [6, 6.07) is 0. The summed E-state index contributed by atoms with van der Waals surface area (Å²) in [5, 5.41) is 0. The first-order valence-electron chi connectivity index (χ1n) is 0. The van der Waals surface area contributed by atoms with Crippen LogP contribution in [0.25, 0.3) is 0 Å². The van der Waals surface area contributed by atoms with E-state index in [1.54, 1.807) is 0 Å². The third kappa shape index (κ3) is 19.3. The van der Waals surface area contributed by atoms with E-state index < -0.39 is 0 Å². The molecule has 0 N–H and O–H groups in total. The van der Waals surface area contributed by atoms with Gasteiger partial charge in [-0.05, 0) is 0 Å². The van der Waals surface area contributed by atoms with Gasteiger partial charge in [0.15, 0.2) is 0 Å². The smallest absolute Gasteiger partial charge is 0 e. The van der Waals surface area contributed by atoms with Gasteiger partial charge in [-0.2, -0.15) is 0 Å². The van der Waals surface area contributed by atoms with E-state index in [4.69, 9.17) is 0 Å². The Morgan fingerprint density at radius 2 is 1.00 bits per heavy atom. The Balaban J connectivity index is 0. The SMILES string of the molecule is [Li].[Mg].[Mn].[Mo].[Ni]. The summed E-state index contributed by atoms with van der Waals surface area (Å²) in [7, 11) is 0. The molecule has 0 rings (SSSR count). The molecule has 0 saturated carbocycles.